The SMILES string of the molecule is O=S(=O)(OC1(C(F)(F)F)C2CCC1CC2)C(F)(F)F. The predicted octanol–water partition coefficient (Wildman–Crippen LogP) is 2.97. The second-order valence-electron chi connectivity index (χ2n) is 4.82. The Kier molecular flexibility index (Phi) is 3.13. The van der Waals surface area contributed by atoms with Crippen molar-refractivity contribution >= 4 is 10.1 Å². The summed E-state index contributed by atoms with van der Waals surface area (Å²) in [5, 5.41) is 0. The summed E-state index contributed by atoms with van der Waals surface area (Å²) in [6.07, 6.45) is -5.04. The van der Waals surface area contributed by atoms with E-state index < -0.39 is 39.2 Å². The summed E-state index contributed by atoms with van der Waals surface area (Å²) in [6, 6.07) is 0. The minimum Gasteiger partial charge on any atom is -0.246 e. The fourth-order valence-corrected chi connectivity index (χ4v) is 3.98. The number of hydrogen-bond donors (Lipinski definition) is 0. The highest BCUT2D eigenvalue weighted by Gasteiger charge is 2.73. The Morgan fingerprint density at radius 1 is 0.895 bits per heavy atom. The van der Waals surface area contributed by atoms with E-state index in [4.69, 9.17) is 0 Å². The molecule has 19 heavy (non-hydrogen) atoms. The number of hydrogen-bond acceptors (Lipinski definition) is 3. The van der Waals surface area contributed by atoms with Gasteiger partial charge >= 0.3 is 21.8 Å². The maximum Gasteiger partial charge on any atom is 0.523 e. The highest BCUT2D eigenvalue weighted by atomic mass is 32.2. The van der Waals surface area contributed by atoms with Crippen molar-refractivity contribution in [2.75, 3.05) is 0 Å². The number of fused-ring (bicyclic) bond motifs is 2. The second-order valence-corrected chi connectivity index (χ2v) is 6.36. The molecule has 0 atom stereocenters. The van der Waals surface area contributed by atoms with E-state index in [2.05, 4.69) is 4.18 Å². The normalized spacial score (nSPS) is 35.9. The van der Waals surface area contributed by atoms with Gasteiger partial charge in [-0.25, -0.2) is 4.18 Å². The summed E-state index contributed by atoms with van der Waals surface area (Å²) in [5.74, 6) is -2.45. The van der Waals surface area contributed by atoms with Crippen molar-refractivity contribution in [3.05, 3.63) is 0 Å². The summed E-state index contributed by atoms with van der Waals surface area (Å²) in [4.78, 5) is 0. The van der Waals surface area contributed by atoms with Gasteiger partial charge in [-0.2, -0.15) is 34.8 Å². The van der Waals surface area contributed by atoms with E-state index in [9.17, 15) is 34.8 Å². The van der Waals surface area contributed by atoms with Crippen LogP contribution in [0, 0.1) is 11.8 Å². The van der Waals surface area contributed by atoms with Crippen molar-refractivity contribution in [2.24, 2.45) is 11.8 Å². The van der Waals surface area contributed by atoms with Gasteiger partial charge in [-0.05, 0) is 37.5 Å². The molecule has 0 aliphatic heterocycles. The zero-order chi connectivity index (χ0) is 14.7. The lowest BCUT2D eigenvalue weighted by atomic mass is 9.91. The minimum atomic E-state index is -6.27. The van der Waals surface area contributed by atoms with Gasteiger partial charge in [0.15, 0.2) is 5.60 Å². The van der Waals surface area contributed by atoms with Crippen molar-refractivity contribution in [1.82, 2.24) is 0 Å². The molecule has 0 heterocycles. The highest BCUT2D eigenvalue weighted by Crippen LogP contribution is 2.61. The van der Waals surface area contributed by atoms with Crippen molar-refractivity contribution in [3.63, 3.8) is 0 Å². The standard InChI is InChI=1S/C9H10F6O3S/c10-8(11,12)7(5-1-2-6(7)4-3-5)18-19(16,17)9(13,14)15/h5-6H,1-4H2. The molecular weight excluding hydrogens is 302 g/mol. The van der Waals surface area contributed by atoms with Crippen molar-refractivity contribution in [2.45, 2.75) is 43.0 Å². The molecule has 0 aromatic carbocycles. The van der Waals surface area contributed by atoms with E-state index >= 15 is 0 Å². The van der Waals surface area contributed by atoms with Gasteiger partial charge in [0.2, 0.25) is 0 Å². The lowest BCUT2D eigenvalue weighted by Gasteiger charge is -2.35. The van der Waals surface area contributed by atoms with Crippen LogP contribution in [0.1, 0.15) is 25.7 Å². The fourth-order valence-electron chi connectivity index (χ4n) is 3.16. The molecule has 0 aromatic rings. The van der Waals surface area contributed by atoms with E-state index in [0.717, 1.165) is 0 Å². The summed E-state index contributed by atoms with van der Waals surface area (Å²) >= 11 is 0. The van der Waals surface area contributed by atoms with Crippen LogP contribution in [0.3, 0.4) is 0 Å². The van der Waals surface area contributed by atoms with Crippen LogP contribution in [0.25, 0.3) is 0 Å². The Morgan fingerprint density at radius 3 is 1.53 bits per heavy atom. The molecule has 0 saturated heterocycles. The molecule has 2 saturated carbocycles. The molecule has 0 amide bonds. The summed E-state index contributed by atoms with van der Waals surface area (Å²) in [7, 11) is -6.27. The van der Waals surface area contributed by atoms with Crippen molar-refractivity contribution in [1.29, 1.82) is 0 Å². The highest BCUT2D eigenvalue weighted by molar-refractivity contribution is 7.87. The van der Waals surface area contributed by atoms with Crippen LogP contribution in [0.4, 0.5) is 26.3 Å². The van der Waals surface area contributed by atoms with E-state index in [1.54, 1.807) is 0 Å². The van der Waals surface area contributed by atoms with Gasteiger partial charge in [-0.15, -0.1) is 0 Å². The van der Waals surface area contributed by atoms with Gasteiger partial charge in [-0.3, -0.25) is 0 Å². The molecule has 2 fully saturated rings. The molecule has 2 bridgehead atoms. The van der Waals surface area contributed by atoms with Crippen LogP contribution in [0.5, 0.6) is 0 Å². The lowest BCUT2D eigenvalue weighted by molar-refractivity contribution is -0.266. The van der Waals surface area contributed by atoms with Crippen LogP contribution in [0.2, 0.25) is 0 Å². The number of rotatable bonds is 2. The molecule has 0 radical (unpaired) electrons. The molecule has 10 heteroatoms. The van der Waals surface area contributed by atoms with Gasteiger partial charge in [0.25, 0.3) is 0 Å². The fraction of sp³-hybridized carbons (Fsp3) is 1.00. The van der Waals surface area contributed by atoms with Gasteiger partial charge in [0, 0.05) is 0 Å². The average molecular weight is 312 g/mol. The molecule has 0 unspecified atom stereocenters. The van der Waals surface area contributed by atoms with Gasteiger partial charge in [-0.1, -0.05) is 0 Å². The van der Waals surface area contributed by atoms with Gasteiger partial charge in [0.1, 0.15) is 0 Å². The molecule has 0 aromatic heterocycles. The predicted molar refractivity (Wildman–Crippen MR) is 50.3 cm³/mol. The zero-order valence-electron chi connectivity index (χ0n) is 9.38. The summed E-state index contributed by atoms with van der Waals surface area (Å²) in [6.45, 7) is 0. The van der Waals surface area contributed by atoms with Gasteiger partial charge < -0.3 is 0 Å². The average Bonchev–Trinajstić information content (AvgIpc) is 2.71. The van der Waals surface area contributed by atoms with Crippen LogP contribution in [-0.2, 0) is 14.3 Å². The molecule has 0 spiro atoms. The van der Waals surface area contributed by atoms with Crippen LogP contribution < -0.4 is 0 Å². The third kappa shape index (κ3) is 2.03. The summed E-state index contributed by atoms with van der Waals surface area (Å²) in [5.41, 5.74) is -9.06. The second kappa shape index (κ2) is 4.00. The molecular formula is C9H10F6O3S. The van der Waals surface area contributed by atoms with E-state index in [-0.39, 0.29) is 25.7 Å². The van der Waals surface area contributed by atoms with E-state index in [0.29, 0.717) is 0 Å². The molecule has 2 aliphatic carbocycles. The maximum atomic E-state index is 13.1. The molecule has 2 rings (SSSR count). The number of alkyl halides is 6. The van der Waals surface area contributed by atoms with Crippen molar-refractivity contribution in [3.8, 4) is 0 Å². The minimum absolute atomic E-state index is 0.0254. The third-order valence-corrected chi connectivity index (χ3v) is 4.98. The first-order chi connectivity index (χ1) is 8.42. The Balaban J connectivity index is 2.44. The smallest absolute Gasteiger partial charge is 0.246 e. The molecule has 0 N–H and O–H groups in total. The van der Waals surface area contributed by atoms with Crippen LogP contribution in [-0.4, -0.2) is 25.7 Å². The monoisotopic (exact) mass is 312 g/mol. The molecule has 2 aliphatic rings. The maximum absolute atomic E-state index is 13.1. The quantitative estimate of drug-likeness (QED) is 0.447. The molecule has 3 nitrogen and oxygen atoms in total. The summed E-state index contributed by atoms with van der Waals surface area (Å²) < 4.78 is 102. The number of halogens is 6. The van der Waals surface area contributed by atoms with E-state index in [1.165, 1.54) is 0 Å². The van der Waals surface area contributed by atoms with Gasteiger partial charge in [0.05, 0.1) is 0 Å². The third-order valence-electron chi connectivity index (χ3n) is 3.91. The Morgan fingerprint density at radius 2 is 1.26 bits per heavy atom. The zero-order valence-corrected chi connectivity index (χ0v) is 10.2. The Bertz CT molecular complexity index is 445. The first kappa shape index (κ1) is 14.9. The Labute approximate surface area is 105 Å². The Hall–Kier alpha value is -0.510. The van der Waals surface area contributed by atoms with E-state index in [1.807, 2.05) is 0 Å². The largest absolute Gasteiger partial charge is 0.523 e. The van der Waals surface area contributed by atoms with Crippen molar-refractivity contribution < 1.29 is 38.9 Å². The van der Waals surface area contributed by atoms with Crippen LogP contribution >= 0.6 is 0 Å². The lowest BCUT2D eigenvalue weighted by Crippen LogP contribution is -2.54. The first-order valence-electron chi connectivity index (χ1n) is 5.50. The first-order valence-corrected chi connectivity index (χ1v) is 6.91. The topological polar surface area (TPSA) is 43.4 Å². The van der Waals surface area contributed by atoms with Crippen LogP contribution in [0.15, 0.2) is 0 Å². The molecule has 112 valence electrons.